The lowest BCUT2D eigenvalue weighted by atomic mass is 10.2. The number of nitrogens with zero attached hydrogens (tertiary/aromatic N) is 2. The number of carbonyl (C=O) groups is 1. The molecule has 0 spiro atoms. The van der Waals surface area contributed by atoms with Gasteiger partial charge in [0, 0.05) is 18.8 Å². The third-order valence-electron chi connectivity index (χ3n) is 2.35. The minimum Gasteiger partial charge on any atom is -0.481 e. The number of pyridine rings is 1. The van der Waals surface area contributed by atoms with E-state index in [2.05, 4.69) is 4.98 Å². The first-order chi connectivity index (χ1) is 7.56. The maximum Gasteiger partial charge on any atom is 0.303 e. The zero-order valence-electron chi connectivity index (χ0n) is 8.77. The molecular formula is C11H11ClN2O2. The van der Waals surface area contributed by atoms with Crippen molar-refractivity contribution >= 4 is 23.2 Å². The molecule has 0 unspecified atom stereocenters. The van der Waals surface area contributed by atoms with Gasteiger partial charge in [-0.25, -0.2) is 4.98 Å². The molecule has 2 heterocycles. The van der Waals surface area contributed by atoms with Crippen molar-refractivity contribution in [1.29, 1.82) is 0 Å². The van der Waals surface area contributed by atoms with Gasteiger partial charge in [0.15, 0.2) is 0 Å². The molecule has 0 fully saturated rings. The Bertz CT molecular complexity index is 548. The molecule has 16 heavy (non-hydrogen) atoms. The van der Waals surface area contributed by atoms with Gasteiger partial charge in [0.05, 0.1) is 17.1 Å². The lowest BCUT2D eigenvalue weighted by Crippen LogP contribution is -1.97. The van der Waals surface area contributed by atoms with Crippen LogP contribution in [0.2, 0.25) is 5.02 Å². The van der Waals surface area contributed by atoms with E-state index in [1.807, 2.05) is 23.6 Å². The van der Waals surface area contributed by atoms with E-state index in [0.29, 0.717) is 11.4 Å². The summed E-state index contributed by atoms with van der Waals surface area (Å²) in [5, 5.41) is 9.24. The second-order valence-corrected chi connectivity index (χ2v) is 4.13. The Morgan fingerprint density at radius 3 is 3.00 bits per heavy atom. The van der Waals surface area contributed by atoms with Crippen molar-refractivity contribution in [1.82, 2.24) is 9.38 Å². The molecule has 0 radical (unpaired) electrons. The monoisotopic (exact) mass is 238 g/mol. The highest BCUT2D eigenvalue weighted by molar-refractivity contribution is 6.30. The normalized spacial score (nSPS) is 10.9. The third kappa shape index (κ3) is 2.17. The molecule has 0 atom stereocenters. The van der Waals surface area contributed by atoms with Gasteiger partial charge in [0.25, 0.3) is 0 Å². The van der Waals surface area contributed by atoms with E-state index >= 15 is 0 Å². The maximum atomic E-state index is 10.5. The summed E-state index contributed by atoms with van der Waals surface area (Å²) < 4.78 is 1.83. The van der Waals surface area contributed by atoms with Crippen LogP contribution in [0, 0.1) is 6.92 Å². The van der Waals surface area contributed by atoms with Crippen LogP contribution in [0.1, 0.15) is 17.7 Å². The zero-order valence-corrected chi connectivity index (χ0v) is 9.53. The van der Waals surface area contributed by atoms with Crippen molar-refractivity contribution in [2.75, 3.05) is 0 Å². The Morgan fingerprint density at radius 2 is 2.31 bits per heavy atom. The summed E-state index contributed by atoms with van der Waals surface area (Å²) in [6, 6.07) is 1.84. The van der Waals surface area contributed by atoms with E-state index in [1.54, 1.807) is 6.20 Å². The van der Waals surface area contributed by atoms with Crippen LogP contribution in [0.5, 0.6) is 0 Å². The second kappa shape index (κ2) is 4.14. The average molecular weight is 239 g/mol. The van der Waals surface area contributed by atoms with Gasteiger partial charge in [0.2, 0.25) is 0 Å². The van der Waals surface area contributed by atoms with E-state index in [-0.39, 0.29) is 6.42 Å². The van der Waals surface area contributed by atoms with Crippen molar-refractivity contribution in [3.05, 3.63) is 34.7 Å². The summed E-state index contributed by atoms with van der Waals surface area (Å²) >= 11 is 5.92. The van der Waals surface area contributed by atoms with Crippen LogP contribution in [0.15, 0.2) is 18.5 Å². The van der Waals surface area contributed by atoms with E-state index < -0.39 is 5.97 Å². The van der Waals surface area contributed by atoms with Crippen LogP contribution in [-0.4, -0.2) is 20.5 Å². The number of aliphatic carboxylic acids is 1. The first kappa shape index (κ1) is 11.0. The van der Waals surface area contributed by atoms with E-state index in [1.165, 1.54) is 0 Å². The number of aryl methyl sites for hydroxylation is 2. The molecule has 84 valence electrons. The summed E-state index contributed by atoms with van der Waals surface area (Å²) in [5.41, 5.74) is 2.58. The number of imidazole rings is 1. The summed E-state index contributed by atoms with van der Waals surface area (Å²) in [5.74, 6) is -0.813. The molecule has 0 bridgehead atoms. The Labute approximate surface area is 97.5 Å². The average Bonchev–Trinajstić information content (AvgIpc) is 2.57. The Balaban J connectivity index is 2.36. The fraction of sp³-hybridized carbons (Fsp3) is 0.273. The molecule has 0 saturated heterocycles. The van der Waals surface area contributed by atoms with Gasteiger partial charge in [-0.2, -0.15) is 0 Å². The van der Waals surface area contributed by atoms with Crippen LogP contribution >= 0.6 is 11.6 Å². The highest BCUT2D eigenvalue weighted by atomic mass is 35.5. The third-order valence-corrected chi connectivity index (χ3v) is 2.55. The first-order valence-corrected chi connectivity index (χ1v) is 5.29. The molecule has 5 heteroatoms. The molecule has 2 aromatic heterocycles. The predicted molar refractivity (Wildman–Crippen MR) is 60.9 cm³/mol. The van der Waals surface area contributed by atoms with Crippen molar-refractivity contribution in [3.8, 4) is 0 Å². The molecule has 0 aromatic carbocycles. The lowest BCUT2D eigenvalue weighted by Gasteiger charge is -1.97. The van der Waals surface area contributed by atoms with Gasteiger partial charge >= 0.3 is 5.97 Å². The van der Waals surface area contributed by atoms with Gasteiger partial charge < -0.3 is 9.51 Å². The van der Waals surface area contributed by atoms with Crippen molar-refractivity contribution in [3.63, 3.8) is 0 Å². The van der Waals surface area contributed by atoms with Crippen LogP contribution in [0.25, 0.3) is 5.65 Å². The number of carboxylic acids is 1. The SMILES string of the molecule is Cc1cc(Cl)cn2cc(CCC(=O)O)nc12. The second-order valence-electron chi connectivity index (χ2n) is 3.70. The minimum atomic E-state index is -0.813. The smallest absolute Gasteiger partial charge is 0.303 e. The fourth-order valence-corrected chi connectivity index (χ4v) is 1.90. The predicted octanol–water partition coefficient (Wildman–Crippen LogP) is 2.31. The van der Waals surface area contributed by atoms with Gasteiger partial charge in [-0.1, -0.05) is 11.6 Å². The number of carboxylic acid groups (broad SMARTS) is 1. The van der Waals surface area contributed by atoms with Gasteiger partial charge in [-0.15, -0.1) is 0 Å². The lowest BCUT2D eigenvalue weighted by molar-refractivity contribution is -0.136. The highest BCUT2D eigenvalue weighted by Crippen LogP contribution is 2.17. The molecule has 0 aliphatic carbocycles. The molecule has 0 aliphatic rings. The van der Waals surface area contributed by atoms with Gasteiger partial charge in [-0.3, -0.25) is 4.79 Å². The number of hydrogen-bond donors (Lipinski definition) is 1. The summed E-state index contributed by atoms with van der Waals surface area (Å²) in [6.07, 6.45) is 4.11. The Kier molecular flexibility index (Phi) is 2.83. The van der Waals surface area contributed by atoms with Crippen LogP contribution < -0.4 is 0 Å². The summed E-state index contributed by atoms with van der Waals surface area (Å²) in [7, 11) is 0. The number of halogens is 1. The Morgan fingerprint density at radius 1 is 1.56 bits per heavy atom. The van der Waals surface area contributed by atoms with Crippen molar-refractivity contribution < 1.29 is 9.90 Å². The molecule has 0 amide bonds. The maximum absolute atomic E-state index is 10.5. The van der Waals surface area contributed by atoms with Crippen LogP contribution in [0.4, 0.5) is 0 Å². The van der Waals surface area contributed by atoms with Crippen LogP contribution in [-0.2, 0) is 11.2 Å². The van der Waals surface area contributed by atoms with Gasteiger partial charge in [0.1, 0.15) is 5.65 Å². The molecule has 0 aliphatic heterocycles. The first-order valence-electron chi connectivity index (χ1n) is 4.92. The number of rotatable bonds is 3. The Hall–Kier alpha value is -1.55. The van der Waals surface area contributed by atoms with E-state index in [0.717, 1.165) is 16.9 Å². The van der Waals surface area contributed by atoms with Crippen LogP contribution in [0.3, 0.4) is 0 Å². The highest BCUT2D eigenvalue weighted by Gasteiger charge is 2.06. The number of aromatic nitrogens is 2. The van der Waals surface area contributed by atoms with Crippen molar-refractivity contribution in [2.45, 2.75) is 19.8 Å². The summed E-state index contributed by atoms with van der Waals surface area (Å²) in [6.45, 7) is 1.93. The largest absolute Gasteiger partial charge is 0.481 e. The molecule has 4 nitrogen and oxygen atoms in total. The molecule has 2 aromatic rings. The van der Waals surface area contributed by atoms with E-state index in [9.17, 15) is 4.79 Å². The molecule has 1 N–H and O–H groups in total. The minimum absolute atomic E-state index is 0.0939. The zero-order chi connectivity index (χ0) is 11.7. The number of fused-ring (bicyclic) bond motifs is 1. The van der Waals surface area contributed by atoms with Crippen molar-refractivity contribution in [2.24, 2.45) is 0 Å². The summed E-state index contributed by atoms with van der Waals surface area (Å²) in [4.78, 5) is 14.8. The number of hydrogen-bond acceptors (Lipinski definition) is 2. The van der Waals surface area contributed by atoms with Gasteiger partial charge in [-0.05, 0) is 18.6 Å². The van der Waals surface area contributed by atoms with E-state index in [4.69, 9.17) is 16.7 Å². The molecule has 0 saturated carbocycles. The molecule has 2 rings (SSSR count). The molecular weight excluding hydrogens is 228 g/mol. The topological polar surface area (TPSA) is 54.6 Å². The fourth-order valence-electron chi connectivity index (χ4n) is 1.63. The standard InChI is InChI=1S/C11H11ClN2O2/c1-7-4-8(12)5-14-6-9(13-11(7)14)2-3-10(15)16/h4-6H,2-3H2,1H3,(H,15,16). The quantitative estimate of drug-likeness (QED) is 0.893.